The second-order valence-electron chi connectivity index (χ2n) is 5.34. The lowest BCUT2D eigenvalue weighted by atomic mass is 9.81. The fraction of sp³-hybridized carbons (Fsp3) is 1.00. The van der Waals surface area contributed by atoms with E-state index in [-0.39, 0.29) is 11.7 Å². The van der Waals surface area contributed by atoms with Crippen LogP contribution in [0.15, 0.2) is 0 Å². The summed E-state index contributed by atoms with van der Waals surface area (Å²) >= 11 is 0. The van der Waals surface area contributed by atoms with Crippen LogP contribution in [0.3, 0.4) is 0 Å². The summed E-state index contributed by atoms with van der Waals surface area (Å²) in [5, 5.41) is 0. The normalized spacial score (nSPS) is 15.0. The minimum atomic E-state index is -0.128. The SMILES string of the molecule is COC(C)C(CC(C)C)(CC(C)C)OC. The van der Waals surface area contributed by atoms with Crippen LogP contribution in [-0.4, -0.2) is 25.9 Å². The van der Waals surface area contributed by atoms with E-state index in [4.69, 9.17) is 9.47 Å². The molecular weight excluding hydrogens is 188 g/mol. The molecule has 2 heteroatoms. The van der Waals surface area contributed by atoms with Crippen molar-refractivity contribution in [3.8, 4) is 0 Å². The number of ether oxygens (including phenoxy) is 2. The molecule has 0 heterocycles. The van der Waals surface area contributed by atoms with E-state index in [0.717, 1.165) is 12.8 Å². The number of hydrogen-bond donors (Lipinski definition) is 0. The highest BCUT2D eigenvalue weighted by Crippen LogP contribution is 2.32. The molecule has 0 aromatic heterocycles. The van der Waals surface area contributed by atoms with E-state index in [1.54, 1.807) is 14.2 Å². The summed E-state index contributed by atoms with van der Waals surface area (Å²) in [5.74, 6) is 1.25. The van der Waals surface area contributed by atoms with Gasteiger partial charge in [-0.3, -0.25) is 0 Å². The van der Waals surface area contributed by atoms with E-state index in [1.807, 2.05) is 0 Å². The van der Waals surface area contributed by atoms with Gasteiger partial charge in [-0.2, -0.15) is 0 Å². The quantitative estimate of drug-likeness (QED) is 0.648. The zero-order valence-corrected chi connectivity index (χ0v) is 11.5. The summed E-state index contributed by atoms with van der Waals surface area (Å²) in [4.78, 5) is 0. The molecular formula is C13H28O2. The van der Waals surface area contributed by atoms with Crippen LogP contribution in [0.5, 0.6) is 0 Å². The molecule has 0 radical (unpaired) electrons. The van der Waals surface area contributed by atoms with Crippen LogP contribution in [-0.2, 0) is 9.47 Å². The highest BCUT2D eigenvalue weighted by Gasteiger charge is 2.37. The minimum Gasteiger partial charge on any atom is -0.379 e. The van der Waals surface area contributed by atoms with Gasteiger partial charge in [0, 0.05) is 14.2 Å². The molecule has 0 fully saturated rings. The summed E-state index contributed by atoms with van der Waals surface area (Å²) < 4.78 is 11.3. The van der Waals surface area contributed by atoms with E-state index in [1.165, 1.54) is 0 Å². The number of methoxy groups -OCH3 is 2. The summed E-state index contributed by atoms with van der Waals surface area (Å²) in [6, 6.07) is 0. The van der Waals surface area contributed by atoms with Crippen molar-refractivity contribution in [2.45, 2.75) is 59.2 Å². The molecule has 0 saturated carbocycles. The standard InChI is InChI=1S/C13H28O2/c1-10(2)8-13(15-7,9-11(3)4)12(5)14-6/h10-12H,8-9H2,1-7H3. The molecule has 0 amide bonds. The van der Waals surface area contributed by atoms with Gasteiger partial charge >= 0.3 is 0 Å². The second kappa shape index (κ2) is 6.49. The summed E-state index contributed by atoms with van der Waals surface area (Å²) in [5.41, 5.74) is -0.128. The molecule has 0 saturated heterocycles. The summed E-state index contributed by atoms with van der Waals surface area (Å²) in [6.45, 7) is 11.0. The fourth-order valence-corrected chi connectivity index (χ4v) is 2.34. The lowest BCUT2D eigenvalue weighted by Gasteiger charge is -2.39. The van der Waals surface area contributed by atoms with Crippen molar-refractivity contribution in [3.05, 3.63) is 0 Å². The lowest BCUT2D eigenvalue weighted by molar-refractivity contribution is -0.130. The topological polar surface area (TPSA) is 18.5 Å². The first-order valence-electron chi connectivity index (χ1n) is 5.96. The molecule has 0 bridgehead atoms. The third kappa shape index (κ3) is 4.52. The van der Waals surface area contributed by atoms with Crippen LogP contribution in [0.4, 0.5) is 0 Å². The Morgan fingerprint density at radius 2 is 1.27 bits per heavy atom. The Morgan fingerprint density at radius 3 is 1.47 bits per heavy atom. The van der Waals surface area contributed by atoms with Crippen molar-refractivity contribution in [1.29, 1.82) is 0 Å². The largest absolute Gasteiger partial charge is 0.379 e. The Morgan fingerprint density at radius 1 is 0.867 bits per heavy atom. The van der Waals surface area contributed by atoms with Crippen molar-refractivity contribution in [3.63, 3.8) is 0 Å². The minimum absolute atomic E-state index is 0.128. The van der Waals surface area contributed by atoms with Gasteiger partial charge in [0.2, 0.25) is 0 Å². The Labute approximate surface area is 95.3 Å². The first-order chi connectivity index (χ1) is 6.88. The molecule has 0 aliphatic carbocycles. The first-order valence-corrected chi connectivity index (χ1v) is 5.96. The smallest absolute Gasteiger partial charge is 0.0941 e. The predicted octanol–water partition coefficient (Wildman–Crippen LogP) is 3.50. The second-order valence-corrected chi connectivity index (χ2v) is 5.34. The zero-order valence-electron chi connectivity index (χ0n) is 11.5. The van der Waals surface area contributed by atoms with E-state index < -0.39 is 0 Å². The third-order valence-corrected chi connectivity index (χ3v) is 3.01. The lowest BCUT2D eigenvalue weighted by Crippen LogP contribution is -2.45. The maximum atomic E-state index is 5.79. The van der Waals surface area contributed by atoms with E-state index in [9.17, 15) is 0 Å². The monoisotopic (exact) mass is 216 g/mol. The van der Waals surface area contributed by atoms with Crippen LogP contribution in [0.1, 0.15) is 47.5 Å². The molecule has 0 rings (SSSR count). The summed E-state index contributed by atoms with van der Waals surface area (Å²) in [7, 11) is 3.57. The average Bonchev–Trinajstić information content (AvgIpc) is 2.13. The molecule has 0 N–H and O–H groups in total. The van der Waals surface area contributed by atoms with Gasteiger partial charge in [0.05, 0.1) is 11.7 Å². The molecule has 1 unspecified atom stereocenters. The molecule has 0 aliphatic rings. The van der Waals surface area contributed by atoms with Crippen molar-refractivity contribution in [1.82, 2.24) is 0 Å². The highest BCUT2D eigenvalue weighted by molar-refractivity contribution is 4.88. The molecule has 15 heavy (non-hydrogen) atoms. The molecule has 0 aromatic rings. The van der Waals surface area contributed by atoms with E-state index >= 15 is 0 Å². The first kappa shape index (κ1) is 14.9. The van der Waals surface area contributed by atoms with Crippen LogP contribution in [0, 0.1) is 11.8 Å². The van der Waals surface area contributed by atoms with Gasteiger partial charge in [-0.15, -0.1) is 0 Å². The molecule has 92 valence electrons. The van der Waals surface area contributed by atoms with Gasteiger partial charge in [0.25, 0.3) is 0 Å². The maximum Gasteiger partial charge on any atom is 0.0941 e. The zero-order chi connectivity index (χ0) is 12.1. The van der Waals surface area contributed by atoms with Crippen LogP contribution in [0.2, 0.25) is 0 Å². The average molecular weight is 216 g/mol. The van der Waals surface area contributed by atoms with Crippen LogP contribution >= 0.6 is 0 Å². The molecule has 1 atom stereocenters. The van der Waals surface area contributed by atoms with Crippen LogP contribution in [0.25, 0.3) is 0 Å². The van der Waals surface area contributed by atoms with Gasteiger partial charge < -0.3 is 9.47 Å². The predicted molar refractivity (Wildman–Crippen MR) is 65.1 cm³/mol. The van der Waals surface area contributed by atoms with Gasteiger partial charge in [-0.25, -0.2) is 0 Å². The molecule has 0 spiro atoms. The van der Waals surface area contributed by atoms with E-state index in [0.29, 0.717) is 11.8 Å². The molecule has 0 aliphatic heterocycles. The maximum absolute atomic E-state index is 5.79. The van der Waals surface area contributed by atoms with Gasteiger partial charge in [-0.1, -0.05) is 27.7 Å². The third-order valence-electron chi connectivity index (χ3n) is 3.01. The van der Waals surface area contributed by atoms with Gasteiger partial charge in [0.15, 0.2) is 0 Å². The van der Waals surface area contributed by atoms with E-state index in [2.05, 4.69) is 34.6 Å². The number of rotatable bonds is 7. The summed E-state index contributed by atoms with van der Waals surface area (Å²) in [6.07, 6.45) is 2.25. The number of hydrogen-bond acceptors (Lipinski definition) is 2. The molecule has 2 nitrogen and oxygen atoms in total. The Balaban J connectivity index is 4.74. The van der Waals surface area contributed by atoms with Crippen molar-refractivity contribution in [2.24, 2.45) is 11.8 Å². The Hall–Kier alpha value is -0.0800. The van der Waals surface area contributed by atoms with Crippen LogP contribution < -0.4 is 0 Å². The highest BCUT2D eigenvalue weighted by atomic mass is 16.5. The Kier molecular flexibility index (Phi) is 6.46. The molecule has 0 aromatic carbocycles. The van der Waals surface area contributed by atoms with Gasteiger partial charge in [0.1, 0.15) is 0 Å². The Bertz CT molecular complexity index is 154. The van der Waals surface area contributed by atoms with Crippen molar-refractivity contribution in [2.75, 3.05) is 14.2 Å². The van der Waals surface area contributed by atoms with Gasteiger partial charge in [-0.05, 0) is 31.6 Å². The van der Waals surface area contributed by atoms with Crippen molar-refractivity contribution < 1.29 is 9.47 Å². The van der Waals surface area contributed by atoms with Crippen molar-refractivity contribution >= 4 is 0 Å². The fourth-order valence-electron chi connectivity index (χ4n) is 2.34.